The Labute approximate surface area is 154 Å². The van der Waals surface area contributed by atoms with Crippen LogP contribution in [0.3, 0.4) is 0 Å². The van der Waals surface area contributed by atoms with Gasteiger partial charge in [0, 0.05) is 31.9 Å². The zero-order valence-electron chi connectivity index (χ0n) is 15.9. The second kappa shape index (κ2) is 8.31. The second-order valence-corrected chi connectivity index (χ2v) is 6.93. The molecule has 0 atom stereocenters. The van der Waals surface area contributed by atoms with Gasteiger partial charge in [0.05, 0.1) is 0 Å². The van der Waals surface area contributed by atoms with E-state index in [1.54, 1.807) is 0 Å². The van der Waals surface area contributed by atoms with Crippen molar-refractivity contribution in [1.82, 2.24) is 25.2 Å². The summed E-state index contributed by atoms with van der Waals surface area (Å²) in [5.74, 6) is 0.409. The van der Waals surface area contributed by atoms with Gasteiger partial charge >= 0.3 is 0 Å². The smallest absolute Gasteiger partial charge is 0.278 e. The van der Waals surface area contributed by atoms with Crippen LogP contribution in [-0.4, -0.2) is 63.8 Å². The van der Waals surface area contributed by atoms with Crippen molar-refractivity contribution in [2.45, 2.75) is 33.6 Å². The number of aromatic amines is 1. The van der Waals surface area contributed by atoms with Crippen LogP contribution in [0.2, 0.25) is 0 Å². The van der Waals surface area contributed by atoms with Crippen LogP contribution in [0, 0.1) is 13.8 Å². The van der Waals surface area contributed by atoms with E-state index in [4.69, 9.17) is 0 Å². The summed E-state index contributed by atoms with van der Waals surface area (Å²) >= 11 is 0. The number of nitrogens with one attached hydrogen (secondary N) is 2. The summed E-state index contributed by atoms with van der Waals surface area (Å²) < 4.78 is 0. The molecule has 0 saturated carbocycles. The summed E-state index contributed by atoms with van der Waals surface area (Å²) in [6, 6.07) is 6.08. The van der Waals surface area contributed by atoms with Gasteiger partial charge in [0.15, 0.2) is 11.5 Å². The van der Waals surface area contributed by atoms with Crippen LogP contribution in [0.25, 0.3) is 0 Å². The van der Waals surface area contributed by atoms with Crippen LogP contribution >= 0.6 is 0 Å². The highest BCUT2D eigenvalue weighted by atomic mass is 16.2. The van der Waals surface area contributed by atoms with E-state index >= 15 is 0 Å². The number of aromatic nitrogens is 3. The molecule has 0 spiro atoms. The first-order valence-electron chi connectivity index (χ1n) is 9.35. The molecule has 0 radical (unpaired) electrons. The molecule has 1 amide bonds. The number of anilines is 2. The Bertz CT molecular complexity index is 748. The summed E-state index contributed by atoms with van der Waals surface area (Å²) in [4.78, 5) is 17.1. The third kappa shape index (κ3) is 4.22. The first-order valence-corrected chi connectivity index (χ1v) is 9.35. The molecule has 1 saturated heterocycles. The lowest BCUT2D eigenvalue weighted by Crippen LogP contribution is -2.49. The van der Waals surface area contributed by atoms with E-state index in [1.165, 1.54) is 24.0 Å². The fraction of sp³-hybridized carbons (Fsp3) is 0.526. The zero-order chi connectivity index (χ0) is 18.5. The number of piperazine rings is 1. The summed E-state index contributed by atoms with van der Waals surface area (Å²) in [6.07, 6.45) is 2.41. The molecule has 0 aliphatic carbocycles. The Morgan fingerprint density at radius 3 is 2.62 bits per heavy atom. The Morgan fingerprint density at radius 1 is 1.15 bits per heavy atom. The standard InChI is InChI=1S/C19H28N6O/c1-4-5-8-24-9-11-25(12-10-24)19(26)17-18(22-23-21-17)20-16-7-6-14(2)15(3)13-16/h6-7,13H,4-5,8-12H2,1-3H3,(H2,20,21,22,23). The van der Waals surface area contributed by atoms with E-state index in [0.29, 0.717) is 11.5 Å². The zero-order valence-corrected chi connectivity index (χ0v) is 15.9. The monoisotopic (exact) mass is 356 g/mol. The molecule has 1 aromatic carbocycles. The normalized spacial score (nSPS) is 15.3. The Morgan fingerprint density at radius 2 is 1.92 bits per heavy atom. The topological polar surface area (TPSA) is 77.2 Å². The quantitative estimate of drug-likeness (QED) is 0.832. The maximum Gasteiger partial charge on any atom is 0.278 e. The minimum atomic E-state index is -0.0692. The highest BCUT2D eigenvalue weighted by Crippen LogP contribution is 2.21. The molecule has 7 heteroatoms. The number of unbranched alkanes of at least 4 members (excludes halogenated alkanes) is 1. The molecule has 2 aromatic rings. The SMILES string of the molecule is CCCCN1CCN(C(=O)c2n[nH]nc2Nc2ccc(C)c(C)c2)CC1. The van der Waals surface area contributed by atoms with E-state index in [0.717, 1.165) is 38.4 Å². The van der Waals surface area contributed by atoms with Gasteiger partial charge in [0.2, 0.25) is 0 Å². The summed E-state index contributed by atoms with van der Waals surface area (Å²) in [6.45, 7) is 10.8. The van der Waals surface area contributed by atoms with Gasteiger partial charge in [-0.3, -0.25) is 9.69 Å². The largest absolute Gasteiger partial charge is 0.337 e. The number of carbonyl (C=O) groups is 1. The average molecular weight is 356 g/mol. The van der Waals surface area contributed by atoms with E-state index < -0.39 is 0 Å². The van der Waals surface area contributed by atoms with Crippen LogP contribution in [0.4, 0.5) is 11.5 Å². The van der Waals surface area contributed by atoms with Gasteiger partial charge < -0.3 is 10.2 Å². The maximum atomic E-state index is 12.9. The number of amides is 1. The fourth-order valence-electron chi connectivity index (χ4n) is 3.13. The van der Waals surface area contributed by atoms with Gasteiger partial charge in [0.1, 0.15) is 0 Å². The molecule has 1 aromatic heterocycles. The predicted molar refractivity (Wildman–Crippen MR) is 103 cm³/mol. The summed E-state index contributed by atoms with van der Waals surface area (Å²) in [5, 5.41) is 14.0. The highest BCUT2D eigenvalue weighted by molar-refractivity contribution is 5.97. The molecule has 26 heavy (non-hydrogen) atoms. The van der Waals surface area contributed by atoms with Gasteiger partial charge in [-0.1, -0.05) is 19.4 Å². The van der Waals surface area contributed by atoms with E-state index in [-0.39, 0.29) is 5.91 Å². The molecule has 2 N–H and O–H groups in total. The first kappa shape index (κ1) is 18.4. The molecule has 1 aliphatic heterocycles. The summed E-state index contributed by atoms with van der Waals surface area (Å²) in [7, 11) is 0. The van der Waals surface area contributed by atoms with Crippen LogP contribution < -0.4 is 5.32 Å². The average Bonchev–Trinajstić information content (AvgIpc) is 3.11. The maximum absolute atomic E-state index is 12.9. The predicted octanol–water partition coefficient (Wildman–Crippen LogP) is 2.72. The van der Waals surface area contributed by atoms with Crippen molar-refractivity contribution in [3.05, 3.63) is 35.0 Å². The number of hydrogen-bond acceptors (Lipinski definition) is 5. The number of hydrogen-bond donors (Lipinski definition) is 2. The van der Waals surface area contributed by atoms with Crippen molar-refractivity contribution in [1.29, 1.82) is 0 Å². The summed E-state index contributed by atoms with van der Waals surface area (Å²) in [5.41, 5.74) is 3.67. The fourth-order valence-corrected chi connectivity index (χ4v) is 3.13. The minimum Gasteiger partial charge on any atom is -0.337 e. The van der Waals surface area contributed by atoms with Crippen molar-refractivity contribution in [2.75, 3.05) is 38.0 Å². The lowest BCUT2D eigenvalue weighted by molar-refractivity contribution is 0.0631. The number of aryl methyl sites for hydroxylation is 2. The highest BCUT2D eigenvalue weighted by Gasteiger charge is 2.26. The van der Waals surface area contributed by atoms with Crippen LogP contribution in [0.5, 0.6) is 0 Å². The number of H-pyrrole nitrogens is 1. The van der Waals surface area contributed by atoms with E-state index in [9.17, 15) is 4.79 Å². The molecule has 0 unspecified atom stereocenters. The molecule has 0 bridgehead atoms. The number of nitrogens with zero attached hydrogens (tertiary/aromatic N) is 4. The molecule has 140 valence electrons. The lowest BCUT2D eigenvalue weighted by atomic mass is 10.1. The molecular weight excluding hydrogens is 328 g/mol. The lowest BCUT2D eigenvalue weighted by Gasteiger charge is -2.34. The third-order valence-electron chi connectivity index (χ3n) is 5.01. The molecular formula is C19H28N6O. The molecule has 2 heterocycles. The third-order valence-corrected chi connectivity index (χ3v) is 5.01. The first-order chi connectivity index (χ1) is 12.6. The van der Waals surface area contributed by atoms with Crippen LogP contribution in [-0.2, 0) is 0 Å². The van der Waals surface area contributed by atoms with E-state index in [2.05, 4.69) is 52.5 Å². The molecule has 1 aliphatic rings. The van der Waals surface area contributed by atoms with Gasteiger partial charge in [-0.2, -0.15) is 5.21 Å². The number of rotatable bonds is 6. The van der Waals surface area contributed by atoms with Gasteiger partial charge in [0.25, 0.3) is 5.91 Å². The van der Waals surface area contributed by atoms with Gasteiger partial charge in [-0.15, -0.1) is 10.2 Å². The number of carbonyl (C=O) groups excluding carboxylic acids is 1. The van der Waals surface area contributed by atoms with Crippen LogP contribution in [0.1, 0.15) is 41.4 Å². The Hall–Kier alpha value is -2.41. The van der Waals surface area contributed by atoms with Crippen molar-refractivity contribution in [3.8, 4) is 0 Å². The van der Waals surface area contributed by atoms with Crippen LogP contribution in [0.15, 0.2) is 18.2 Å². The van der Waals surface area contributed by atoms with Crippen molar-refractivity contribution in [2.24, 2.45) is 0 Å². The Balaban J connectivity index is 1.64. The Kier molecular flexibility index (Phi) is 5.88. The van der Waals surface area contributed by atoms with Gasteiger partial charge in [-0.05, 0) is 50.1 Å². The number of benzene rings is 1. The van der Waals surface area contributed by atoms with Crippen molar-refractivity contribution >= 4 is 17.4 Å². The minimum absolute atomic E-state index is 0.0692. The van der Waals surface area contributed by atoms with E-state index in [1.807, 2.05) is 17.0 Å². The van der Waals surface area contributed by atoms with Gasteiger partial charge in [-0.25, -0.2) is 0 Å². The second-order valence-electron chi connectivity index (χ2n) is 6.93. The molecule has 7 nitrogen and oxygen atoms in total. The molecule has 1 fully saturated rings. The molecule has 3 rings (SSSR count). The van der Waals surface area contributed by atoms with Crippen molar-refractivity contribution < 1.29 is 4.79 Å². The van der Waals surface area contributed by atoms with Crippen molar-refractivity contribution in [3.63, 3.8) is 0 Å².